The van der Waals surface area contributed by atoms with Crippen molar-refractivity contribution in [1.29, 1.82) is 0 Å². The molecule has 0 bridgehead atoms. The first-order chi connectivity index (χ1) is 11.7. The van der Waals surface area contributed by atoms with Crippen molar-refractivity contribution in [2.75, 3.05) is 0 Å². The summed E-state index contributed by atoms with van der Waals surface area (Å²) < 4.78 is 0. The molecule has 0 aliphatic heterocycles. The molecule has 0 aromatic heterocycles. The highest BCUT2D eigenvalue weighted by Gasteiger charge is 2.35. The van der Waals surface area contributed by atoms with E-state index in [2.05, 4.69) is 27.7 Å². The molecule has 1 aliphatic carbocycles. The van der Waals surface area contributed by atoms with E-state index in [0.717, 1.165) is 36.8 Å². The van der Waals surface area contributed by atoms with Crippen molar-refractivity contribution in [3.8, 4) is 11.5 Å². The van der Waals surface area contributed by atoms with Crippen LogP contribution < -0.4 is 0 Å². The van der Waals surface area contributed by atoms with Gasteiger partial charge in [0.25, 0.3) is 0 Å². The van der Waals surface area contributed by atoms with Gasteiger partial charge in [0.2, 0.25) is 0 Å². The van der Waals surface area contributed by atoms with Gasteiger partial charge in [0.15, 0.2) is 11.5 Å². The highest BCUT2D eigenvalue weighted by Crippen LogP contribution is 2.49. The van der Waals surface area contributed by atoms with E-state index in [1.165, 1.54) is 44.9 Å². The lowest BCUT2D eigenvalue weighted by atomic mass is 9.89. The number of aryl methyl sites for hydroxylation is 2. The summed E-state index contributed by atoms with van der Waals surface area (Å²) in [5, 5.41) is 20.6. The second-order valence-electron chi connectivity index (χ2n) is 9.72. The van der Waals surface area contributed by atoms with Crippen LogP contribution in [0.5, 0.6) is 11.5 Å². The number of phenols is 2. The van der Waals surface area contributed by atoms with Crippen LogP contribution in [0.1, 0.15) is 96.6 Å². The monoisotopic (exact) mass is 346 g/mol. The second-order valence-corrected chi connectivity index (χ2v) is 9.72. The average molecular weight is 347 g/mol. The van der Waals surface area contributed by atoms with Crippen LogP contribution in [0.25, 0.3) is 0 Å². The third-order valence-electron chi connectivity index (χ3n) is 5.77. The maximum Gasteiger partial charge on any atom is 0.160 e. The Labute approximate surface area is 154 Å². The number of aromatic hydroxyl groups is 2. The molecule has 0 heterocycles. The van der Waals surface area contributed by atoms with Gasteiger partial charge < -0.3 is 10.2 Å². The maximum absolute atomic E-state index is 10.3. The van der Waals surface area contributed by atoms with Gasteiger partial charge in [0, 0.05) is 0 Å². The topological polar surface area (TPSA) is 40.5 Å². The zero-order valence-corrected chi connectivity index (χ0v) is 16.8. The van der Waals surface area contributed by atoms with Crippen LogP contribution in [0.15, 0.2) is 12.1 Å². The number of benzene rings is 1. The van der Waals surface area contributed by atoms with E-state index in [9.17, 15) is 10.2 Å². The zero-order valence-electron chi connectivity index (χ0n) is 16.8. The van der Waals surface area contributed by atoms with Crippen LogP contribution in [-0.4, -0.2) is 10.2 Å². The molecule has 2 N–H and O–H groups in total. The van der Waals surface area contributed by atoms with Gasteiger partial charge in [0.1, 0.15) is 0 Å². The predicted octanol–water partition coefficient (Wildman–Crippen LogP) is 6.76. The van der Waals surface area contributed by atoms with E-state index in [1.807, 2.05) is 12.1 Å². The molecule has 0 radical (unpaired) electrons. The predicted molar refractivity (Wildman–Crippen MR) is 106 cm³/mol. The molecule has 25 heavy (non-hydrogen) atoms. The van der Waals surface area contributed by atoms with Crippen LogP contribution in [0.4, 0.5) is 0 Å². The first-order valence-electron chi connectivity index (χ1n) is 10.2. The fraction of sp³-hybridized carbons (Fsp3) is 0.739. The third kappa shape index (κ3) is 6.92. The highest BCUT2D eigenvalue weighted by molar-refractivity contribution is 5.50. The summed E-state index contributed by atoms with van der Waals surface area (Å²) in [5.41, 5.74) is 2.80. The van der Waals surface area contributed by atoms with Crippen LogP contribution >= 0.6 is 0 Å². The van der Waals surface area contributed by atoms with Crippen molar-refractivity contribution < 1.29 is 10.2 Å². The first-order valence-corrected chi connectivity index (χ1v) is 10.2. The number of phenolic OH excluding ortho intramolecular Hbond substituents is 2. The third-order valence-corrected chi connectivity index (χ3v) is 5.77. The molecule has 142 valence electrons. The van der Waals surface area contributed by atoms with E-state index in [1.54, 1.807) is 0 Å². The maximum atomic E-state index is 10.3. The smallest absolute Gasteiger partial charge is 0.160 e. The van der Waals surface area contributed by atoms with Crippen LogP contribution in [0, 0.1) is 10.8 Å². The summed E-state index contributed by atoms with van der Waals surface area (Å²) in [4.78, 5) is 0. The lowest BCUT2D eigenvalue weighted by Crippen LogP contribution is -2.04. The summed E-state index contributed by atoms with van der Waals surface area (Å²) in [7, 11) is 0. The van der Waals surface area contributed by atoms with Crippen molar-refractivity contribution in [1.82, 2.24) is 0 Å². The minimum atomic E-state index is 0.113. The standard InChI is InChI=1S/C23H38O2/c1-22(2,3)14-8-5-6-10-18-12-13-19(21(25)20(18)24)11-7-9-15-23(4)16-17-23/h12-13,24-25H,5-11,14-17H2,1-4H3. The van der Waals surface area contributed by atoms with E-state index >= 15 is 0 Å². The number of rotatable bonds is 10. The molecule has 0 saturated heterocycles. The molecule has 2 nitrogen and oxygen atoms in total. The molecule has 1 saturated carbocycles. The molecule has 1 fully saturated rings. The van der Waals surface area contributed by atoms with Gasteiger partial charge in [-0.2, -0.15) is 0 Å². The first kappa shape index (κ1) is 20.1. The Balaban J connectivity index is 1.74. The Morgan fingerprint density at radius 3 is 1.84 bits per heavy atom. The van der Waals surface area contributed by atoms with Crippen molar-refractivity contribution >= 4 is 0 Å². The van der Waals surface area contributed by atoms with Crippen molar-refractivity contribution in [3.05, 3.63) is 23.3 Å². The number of hydrogen-bond acceptors (Lipinski definition) is 2. The fourth-order valence-electron chi connectivity index (χ4n) is 3.54. The zero-order chi connectivity index (χ0) is 18.5. The highest BCUT2D eigenvalue weighted by atomic mass is 16.3. The van der Waals surface area contributed by atoms with Gasteiger partial charge in [-0.3, -0.25) is 0 Å². The Morgan fingerprint density at radius 1 is 0.840 bits per heavy atom. The summed E-state index contributed by atoms with van der Waals surface area (Å²) in [6.45, 7) is 9.20. The molecule has 0 unspecified atom stereocenters. The van der Waals surface area contributed by atoms with Crippen LogP contribution in [-0.2, 0) is 12.8 Å². The van der Waals surface area contributed by atoms with Crippen LogP contribution in [0.2, 0.25) is 0 Å². The molecule has 0 amide bonds. The Hall–Kier alpha value is -1.18. The van der Waals surface area contributed by atoms with E-state index in [0.29, 0.717) is 10.8 Å². The Morgan fingerprint density at radius 2 is 1.36 bits per heavy atom. The number of unbranched alkanes of at least 4 members (excludes halogenated alkanes) is 3. The minimum Gasteiger partial charge on any atom is -0.504 e. The minimum absolute atomic E-state index is 0.113. The van der Waals surface area contributed by atoms with Gasteiger partial charge in [-0.25, -0.2) is 0 Å². The SMILES string of the molecule is CC(C)(C)CCCCCc1ccc(CCCCC2(C)CC2)c(O)c1O. The van der Waals surface area contributed by atoms with Gasteiger partial charge in [-0.05, 0) is 73.3 Å². The molecular weight excluding hydrogens is 308 g/mol. The summed E-state index contributed by atoms with van der Waals surface area (Å²) in [5.74, 6) is 0.229. The average Bonchev–Trinajstić information content (AvgIpc) is 3.26. The Kier molecular flexibility index (Phi) is 6.82. The van der Waals surface area contributed by atoms with Gasteiger partial charge in [-0.1, -0.05) is 59.1 Å². The fourth-order valence-corrected chi connectivity index (χ4v) is 3.54. The molecule has 0 atom stereocenters. The van der Waals surface area contributed by atoms with E-state index < -0.39 is 0 Å². The van der Waals surface area contributed by atoms with Crippen molar-refractivity contribution in [2.45, 2.75) is 98.3 Å². The van der Waals surface area contributed by atoms with Gasteiger partial charge in [0.05, 0.1) is 0 Å². The van der Waals surface area contributed by atoms with Gasteiger partial charge in [-0.15, -0.1) is 0 Å². The molecule has 0 spiro atoms. The quantitative estimate of drug-likeness (QED) is 0.363. The molecule has 2 heteroatoms. The normalized spacial score (nSPS) is 16.2. The summed E-state index contributed by atoms with van der Waals surface area (Å²) in [6.07, 6.45) is 12.8. The van der Waals surface area contributed by atoms with Gasteiger partial charge >= 0.3 is 0 Å². The second kappa shape index (κ2) is 8.47. The molecule has 1 aliphatic rings. The molecule has 2 rings (SSSR count). The molecule has 1 aromatic carbocycles. The largest absolute Gasteiger partial charge is 0.504 e. The number of hydrogen-bond donors (Lipinski definition) is 2. The van der Waals surface area contributed by atoms with E-state index in [-0.39, 0.29) is 11.5 Å². The van der Waals surface area contributed by atoms with Crippen molar-refractivity contribution in [3.63, 3.8) is 0 Å². The lowest BCUT2D eigenvalue weighted by Gasteiger charge is -2.17. The molecule has 1 aromatic rings. The van der Waals surface area contributed by atoms with Crippen LogP contribution in [0.3, 0.4) is 0 Å². The summed E-state index contributed by atoms with van der Waals surface area (Å²) in [6, 6.07) is 4.02. The van der Waals surface area contributed by atoms with E-state index in [4.69, 9.17) is 0 Å². The van der Waals surface area contributed by atoms with Crippen molar-refractivity contribution in [2.24, 2.45) is 10.8 Å². The molecular formula is C23H38O2. The summed E-state index contributed by atoms with van der Waals surface area (Å²) >= 11 is 0. The lowest BCUT2D eigenvalue weighted by molar-refractivity contribution is 0.357. The Bertz CT molecular complexity index is 550.